The van der Waals surface area contributed by atoms with E-state index in [-0.39, 0.29) is 0 Å². The summed E-state index contributed by atoms with van der Waals surface area (Å²) >= 11 is -9.35. The van der Waals surface area contributed by atoms with Gasteiger partial charge in [-0.3, -0.25) is 0 Å². The van der Waals surface area contributed by atoms with Crippen molar-refractivity contribution < 1.29 is 40.8 Å². The molecule has 0 nitrogen and oxygen atoms in total. The number of halogens is 7. The zero-order valence-corrected chi connectivity index (χ0v) is 14.5. The van der Waals surface area contributed by atoms with Gasteiger partial charge in [0.2, 0.25) is 0 Å². The molecule has 0 bridgehead atoms. The molecule has 0 heterocycles. The first-order chi connectivity index (χ1) is 8.04. The van der Waals surface area contributed by atoms with Crippen molar-refractivity contribution in [3.8, 4) is 0 Å². The fourth-order valence-corrected chi connectivity index (χ4v) is 1.40. The summed E-state index contributed by atoms with van der Waals surface area (Å²) in [6, 6.07) is 6.79. The maximum atomic E-state index is 9.93. The van der Waals surface area contributed by atoms with Gasteiger partial charge in [-0.2, -0.15) is 0 Å². The van der Waals surface area contributed by atoms with Gasteiger partial charge >= 0.3 is 36.4 Å². The average molecular weight is 498 g/mol. The van der Waals surface area contributed by atoms with Gasteiger partial charge in [-0.15, -0.1) is 0 Å². The Balaban J connectivity index is 0.000000399. The Morgan fingerprint density at radius 2 is 1.56 bits per heavy atom. The third-order valence-electron chi connectivity index (χ3n) is 1.49. The van der Waals surface area contributed by atoms with Crippen LogP contribution in [0.25, 0.3) is 0 Å². The van der Waals surface area contributed by atoms with Crippen molar-refractivity contribution in [1.82, 2.24) is 0 Å². The van der Waals surface area contributed by atoms with Crippen LogP contribution in [0.5, 0.6) is 0 Å². The van der Waals surface area contributed by atoms with E-state index >= 15 is 0 Å². The molecule has 0 amide bonds. The minimum atomic E-state index is -11.2. The van der Waals surface area contributed by atoms with Crippen molar-refractivity contribution in [1.29, 1.82) is 0 Å². The third kappa shape index (κ3) is 18.7. The SMILES string of the molecule is [2H]c1cc(CC(C)C)ccc1[IH+].[F][Sb-]([F])([F])([F])([F])[F]. The monoisotopic (exact) mass is 497 g/mol. The molecule has 0 fully saturated rings. The van der Waals surface area contributed by atoms with E-state index in [2.05, 4.69) is 19.9 Å². The van der Waals surface area contributed by atoms with Gasteiger partial charge in [0.15, 0.2) is 3.57 Å². The number of hydrogen-bond acceptors (Lipinski definition) is 0. The summed E-state index contributed by atoms with van der Waals surface area (Å²) < 4.78 is 68.2. The Kier molecular flexibility index (Phi) is 4.91. The molecule has 1 aromatic carbocycles. The van der Waals surface area contributed by atoms with Gasteiger partial charge in [-0.1, -0.05) is 26.0 Å². The standard InChI is InChI=1S/C10H14I.6FH.Sb/c1-8(2)7-9-3-5-10(11)6-4-9;;;;;;;/h3-6,8,11H,7H2,1-2H3;6*1H;/q+1;;;;;;;+5/p-6/i5D;;;;;;;. The molecule has 0 aliphatic rings. The van der Waals surface area contributed by atoms with Crippen LogP contribution in [0.15, 0.2) is 24.2 Å². The second-order valence-electron chi connectivity index (χ2n) is 4.12. The van der Waals surface area contributed by atoms with Gasteiger partial charge in [-0.05, 0) is 30.0 Å². The summed E-state index contributed by atoms with van der Waals surface area (Å²) in [7, 11) is 0. The van der Waals surface area contributed by atoms with E-state index in [1.54, 1.807) is 0 Å². The fourth-order valence-electron chi connectivity index (χ4n) is 1.04. The molecule has 0 aromatic heterocycles. The Bertz CT molecular complexity index is 430. The first-order valence-electron chi connectivity index (χ1n) is 5.37. The predicted octanol–water partition coefficient (Wildman–Crippen LogP) is 1.48. The molecule has 0 N–H and O–H groups in total. The fraction of sp³-hybridized carbons (Fsp3) is 0.400. The molecule has 108 valence electrons. The van der Waals surface area contributed by atoms with Crippen LogP contribution in [0.2, 0.25) is 0 Å². The van der Waals surface area contributed by atoms with Crippen LogP contribution in [-0.4, -0.2) is 19.5 Å². The molecule has 8 heteroatoms. The molecule has 0 aliphatic heterocycles. The van der Waals surface area contributed by atoms with E-state index in [1.807, 2.05) is 34.7 Å². The quantitative estimate of drug-likeness (QED) is 0.330. The molecule has 1 aromatic rings. The number of hydrogen-bond donors (Lipinski definition) is 0. The van der Waals surface area contributed by atoms with Crippen LogP contribution in [0.1, 0.15) is 20.8 Å². The van der Waals surface area contributed by atoms with Gasteiger partial charge < -0.3 is 0 Å². The van der Waals surface area contributed by atoms with Crippen LogP contribution in [0.3, 0.4) is 0 Å². The van der Waals surface area contributed by atoms with Crippen LogP contribution in [0.4, 0.5) is 16.9 Å². The second-order valence-corrected chi connectivity index (χ2v) is 10.8. The molecule has 0 atom stereocenters. The predicted molar refractivity (Wildman–Crippen MR) is 57.5 cm³/mol. The molecular weight excluding hydrogens is 483 g/mol. The van der Waals surface area contributed by atoms with E-state index in [4.69, 9.17) is 1.37 Å². The van der Waals surface area contributed by atoms with Gasteiger partial charge in [0, 0.05) is 0 Å². The van der Waals surface area contributed by atoms with Crippen molar-refractivity contribution in [2.75, 3.05) is 0 Å². The summed E-state index contributed by atoms with van der Waals surface area (Å²) in [6.07, 6.45) is 1.08. The van der Waals surface area contributed by atoms with Crippen molar-refractivity contribution in [3.63, 3.8) is 0 Å². The molecule has 1 rings (SSSR count). The molecule has 0 saturated carbocycles. The molecule has 0 aliphatic carbocycles. The Morgan fingerprint density at radius 1 is 1.11 bits per heavy atom. The van der Waals surface area contributed by atoms with Gasteiger partial charge in [0.05, 0.1) is 1.37 Å². The van der Waals surface area contributed by atoms with Crippen molar-refractivity contribution in [2.24, 2.45) is 5.92 Å². The topological polar surface area (TPSA) is 0 Å². The maximum absolute atomic E-state index is 11.2. The zero-order valence-electron chi connectivity index (χ0n) is 10.6. The van der Waals surface area contributed by atoms with E-state index in [0.717, 1.165) is 9.99 Å². The van der Waals surface area contributed by atoms with Crippen LogP contribution in [0, 0.1) is 9.49 Å². The summed E-state index contributed by atoms with van der Waals surface area (Å²) in [5.41, 5.74) is 1.28. The van der Waals surface area contributed by atoms with E-state index in [9.17, 15) is 16.9 Å². The normalized spacial score (nSPS) is 16.2. The first-order valence-corrected chi connectivity index (χ1v) is 11.8. The summed E-state index contributed by atoms with van der Waals surface area (Å²) in [5.74, 6) is 0.674. The zero-order chi connectivity index (χ0) is 15.5. The molecular formula is C10H14F6ISb. The minimum absolute atomic E-state index is 0.665. The summed E-state index contributed by atoms with van der Waals surface area (Å²) in [6.45, 7) is 4.40. The molecule has 18 heavy (non-hydrogen) atoms. The average Bonchev–Trinajstić information content (AvgIpc) is 2.05. The Morgan fingerprint density at radius 3 is 1.89 bits per heavy atom. The molecule has 0 radical (unpaired) electrons. The third-order valence-corrected chi connectivity index (χ3v) is 2.22. The van der Waals surface area contributed by atoms with Crippen molar-refractivity contribution in [3.05, 3.63) is 33.4 Å². The Hall–Kier alpha value is 0.348. The molecule has 0 saturated heterocycles. The van der Waals surface area contributed by atoms with E-state index in [1.165, 1.54) is 5.56 Å². The summed E-state index contributed by atoms with van der Waals surface area (Å²) in [4.78, 5) is 0. The first kappa shape index (κ1) is 16.4. The van der Waals surface area contributed by atoms with Crippen molar-refractivity contribution in [2.45, 2.75) is 20.3 Å². The molecule has 0 unspecified atom stereocenters. The van der Waals surface area contributed by atoms with Gasteiger partial charge in [-0.25, -0.2) is 0 Å². The number of benzene rings is 1. The van der Waals surface area contributed by atoms with Crippen LogP contribution >= 0.6 is 0 Å². The second kappa shape index (κ2) is 5.38. The summed E-state index contributed by atoms with van der Waals surface area (Å²) in [5, 5.41) is 0. The van der Waals surface area contributed by atoms with Crippen LogP contribution in [-0.2, 0) is 6.42 Å². The number of rotatable bonds is 2. The van der Waals surface area contributed by atoms with Gasteiger partial charge in [0.1, 0.15) is 0 Å². The van der Waals surface area contributed by atoms with Crippen molar-refractivity contribution >= 4 is 19.5 Å². The van der Waals surface area contributed by atoms with E-state index < -0.39 is 19.5 Å². The van der Waals surface area contributed by atoms with Gasteiger partial charge in [0.25, 0.3) is 22.6 Å². The molecule has 0 spiro atoms. The van der Waals surface area contributed by atoms with Crippen LogP contribution < -0.4 is 22.6 Å². The Labute approximate surface area is 119 Å². The van der Waals surface area contributed by atoms with E-state index in [0.29, 0.717) is 12.0 Å².